The summed E-state index contributed by atoms with van der Waals surface area (Å²) in [5, 5.41) is 13.4. The molecule has 0 bridgehead atoms. The molecule has 7 heteroatoms. The van der Waals surface area contributed by atoms with Gasteiger partial charge in [0.25, 0.3) is 0 Å². The minimum absolute atomic E-state index is 0.548. The topological polar surface area (TPSA) is 70.6 Å². The number of nitrogens with one attached hydrogen (secondary N) is 1. The Morgan fingerprint density at radius 3 is 2.59 bits per heavy atom. The Labute approximate surface area is 135 Å². The molecule has 0 aromatic heterocycles. The van der Waals surface area contributed by atoms with Crippen molar-refractivity contribution in [2.24, 2.45) is 0 Å². The number of carboxylic acid groups (broad SMARTS) is 1. The molecule has 0 spiro atoms. The summed E-state index contributed by atoms with van der Waals surface area (Å²) in [6.07, 6.45) is -1.31. The minimum Gasteiger partial charge on any atom is -0.530 e. The Bertz CT molecular complexity index is 571. The van der Waals surface area contributed by atoms with Crippen LogP contribution in [0.2, 0.25) is 0 Å². The second kappa shape index (κ2) is 6.76. The first-order valence-electron chi connectivity index (χ1n) is 7.14. The molecule has 1 aliphatic heterocycles. The maximum atomic E-state index is 11.0. The van der Waals surface area contributed by atoms with E-state index in [1.54, 1.807) is 25.1 Å². The first-order chi connectivity index (χ1) is 10.4. The number of hydrogen-bond donors (Lipinski definition) is 1. The Balaban J connectivity index is 2.43. The van der Waals surface area contributed by atoms with Crippen molar-refractivity contribution in [3.8, 4) is 5.75 Å². The molecule has 1 aromatic carbocycles. The van der Waals surface area contributed by atoms with Crippen molar-refractivity contribution in [2.75, 3.05) is 45.8 Å². The number of quaternary nitrogens is 1. The Kier molecular flexibility index (Phi) is 5.20. The van der Waals surface area contributed by atoms with Gasteiger partial charge in [-0.25, -0.2) is 0 Å². The number of morpholine rings is 1. The molecule has 1 fully saturated rings. The van der Waals surface area contributed by atoms with Gasteiger partial charge in [0.1, 0.15) is 36.9 Å². The van der Waals surface area contributed by atoms with Crippen LogP contribution in [-0.4, -0.2) is 50.4 Å². The van der Waals surface area contributed by atoms with Gasteiger partial charge in [0.15, 0.2) is 0 Å². The third kappa shape index (κ3) is 3.66. The van der Waals surface area contributed by atoms with Crippen molar-refractivity contribution in [3.05, 3.63) is 17.2 Å². The molecule has 0 aliphatic carbocycles. The predicted octanol–water partition coefficient (Wildman–Crippen LogP) is 1.55. The molecule has 0 saturated carbocycles. The predicted molar refractivity (Wildman–Crippen MR) is 84.1 cm³/mol. The number of amides is 1. The molecular formula is C15H22N2O4S. The van der Waals surface area contributed by atoms with Crippen molar-refractivity contribution in [2.45, 2.75) is 18.7 Å². The Morgan fingerprint density at radius 1 is 1.41 bits per heavy atom. The number of nitrogens with zero attached hydrogens (tertiary/aromatic N) is 1. The molecule has 1 saturated heterocycles. The number of anilines is 1. The number of benzene rings is 1. The largest absolute Gasteiger partial charge is 0.530 e. The number of ether oxygens (including phenoxy) is 2. The summed E-state index contributed by atoms with van der Waals surface area (Å²) in [5.41, 5.74) is 2.37. The number of carbonyl (C=O) groups excluding carboxylic acids is 1. The molecule has 1 aromatic rings. The SMILES string of the molecule is COc1c(C)cc(NC(=O)[O-])c(S[N+]2(C)CCOCC2)c1C. The van der Waals surface area contributed by atoms with E-state index in [-0.39, 0.29) is 0 Å². The summed E-state index contributed by atoms with van der Waals surface area (Å²) in [4.78, 5) is 11.9. The lowest BCUT2D eigenvalue weighted by atomic mass is 10.1. The molecule has 0 radical (unpaired) electrons. The maximum absolute atomic E-state index is 11.0. The van der Waals surface area contributed by atoms with E-state index in [1.165, 1.54) is 0 Å². The number of carbonyl (C=O) groups is 1. The van der Waals surface area contributed by atoms with E-state index in [0.29, 0.717) is 18.9 Å². The Morgan fingerprint density at radius 2 is 2.05 bits per heavy atom. The van der Waals surface area contributed by atoms with E-state index in [1.807, 2.05) is 13.8 Å². The van der Waals surface area contributed by atoms with Crippen LogP contribution < -0.4 is 15.2 Å². The smallest absolute Gasteiger partial charge is 0.138 e. The van der Waals surface area contributed by atoms with Gasteiger partial charge in [0.2, 0.25) is 0 Å². The zero-order valence-electron chi connectivity index (χ0n) is 13.4. The average molecular weight is 326 g/mol. The maximum Gasteiger partial charge on any atom is 0.138 e. The van der Waals surface area contributed by atoms with Crippen LogP contribution in [0.1, 0.15) is 11.1 Å². The van der Waals surface area contributed by atoms with E-state index in [4.69, 9.17) is 9.47 Å². The van der Waals surface area contributed by atoms with Gasteiger partial charge in [-0.3, -0.25) is 3.89 Å². The highest BCUT2D eigenvalue weighted by molar-refractivity contribution is 7.94. The van der Waals surface area contributed by atoms with Gasteiger partial charge < -0.3 is 24.7 Å². The van der Waals surface area contributed by atoms with Crippen LogP contribution in [0, 0.1) is 13.8 Å². The zero-order chi connectivity index (χ0) is 16.3. The lowest BCUT2D eigenvalue weighted by Crippen LogP contribution is -2.46. The number of rotatable bonds is 4. The summed E-state index contributed by atoms with van der Waals surface area (Å²) in [6, 6.07) is 1.79. The van der Waals surface area contributed by atoms with Crippen molar-refractivity contribution < 1.29 is 23.3 Å². The second-order valence-electron chi connectivity index (χ2n) is 5.59. The third-order valence-electron chi connectivity index (χ3n) is 3.81. The fraction of sp³-hybridized carbons (Fsp3) is 0.533. The van der Waals surface area contributed by atoms with Crippen molar-refractivity contribution in [3.63, 3.8) is 0 Å². The molecule has 2 rings (SSSR count). The number of methoxy groups -OCH3 is 1. The average Bonchev–Trinajstić information content (AvgIpc) is 2.44. The zero-order valence-corrected chi connectivity index (χ0v) is 14.2. The molecule has 1 amide bonds. The van der Waals surface area contributed by atoms with Crippen LogP contribution in [0.15, 0.2) is 11.0 Å². The fourth-order valence-electron chi connectivity index (χ4n) is 2.62. The van der Waals surface area contributed by atoms with E-state index >= 15 is 0 Å². The lowest BCUT2D eigenvalue weighted by molar-refractivity contribution is -0.784. The number of likely N-dealkylation sites (N-methyl/N-ethyl adjacent to an activating group) is 1. The van der Waals surface area contributed by atoms with Gasteiger partial charge in [0.05, 0.1) is 38.0 Å². The summed E-state index contributed by atoms with van der Waals surface area (Å²) >= 11 is 1.62. The van der Waals surface area contributed by atoms with E-state index in [0.717, 1.165) is 38.7 Å². The van der Waals surface area contributed by atoms with Crippen LogP contribution in [0.25, 0.3) is 0 Å². The van der Waals surface area contributed by atoms with Crippen molar-refractivity contribution >= 4 is 23.7 Å². The summed E-state index contributed by atoms with van der Waals surface area (Å²) in [6.45, 7) is 6.98. The molecule has 22 heavy (non-hydrogen) atoms. The van der Waals surface area contributed by atoms with Gasteiger partial charge in [0, 0.05) is 5.56 Å². The highest BCUT2D eigenvalue weighted by atomic mass is 32.2. The molecule has 0 unspecified atom stereocenters. The number of aryl methyl sites for hydroxylation is 1. The molecule has 1 aliphatic rings. The van der Waals surface area contributed by atoms with E-state index in [9.17, 15) is 9.90 Å². The quantitative estimate of drug-likeness (QED) is 0.671. The molecule has 0 atom stereocenters. The van der Waals surface area contributed by atoms with Crippen LogP contribution in [0.4, 0.5) is 10.5 Å². The molecule has 1 N–H and O–H groups in total. The van der Waals surface area contributed by atoms with E-state index in [2.05, 4.69) is 12.4 Å². The fourth-order valence-corrected chi connectivity index (χ4v) is 3.83. The molecule has 122 valence electrons. The van der Waals surface area contributed by atoms with Gasteiger partial charge in [-0.1, -0.05) is 0 Å². The minimum atomic E-state index is -1.31. The van der Waals surface area contributed by atoms with Crippen LogP contribution in [0.3, 0.4) is 0 Å². The standard InChI is InChI=1S/C15H22N2O4S/c1-10-9-12(16-15(18)19)14(11(2)13(10)20-4)22-17(3)5-7-21-8-6-17/h9,16H,5-8H2,1-4H3. The number of hydrogen-bond acceptors (Lipinski definition) is 5. The monoisotopic (exact) mass is 326 g/mol. The van der Waals surface area contributed by atoms with Crippen LogP contribution >= 0.6 is 11.9 Å². The first kappa shape index (κ1) is 16.9. The first-order valence-corrected chi connectivity index (χ1v) is 7.92. The van der Waals surface area contributed by atoms with Gasteiger partial charge in [-0.05, 0) is 25.5 Å². The van der Waals surface area contributed by atoms with Crippen molar-refractivity contribution in [1.29, 1.82) is 0 Å². The molecule has 6 nitrogen and oxygen atoms in total. The second-order valence-corrected chi connectivity index (χ2v) is 7.06. The lowest BCUT2D eigenvalue weighted by Gasteiger charge is -2.35. The third-order valence-corrected chi connectivity index (χ3v) is 5.33. The summed E-state index contributed by atoms with van der Waals surface area (Å²) in [5.74, 6) is 0.784. The molecule has 1 heterocycles. The Hall–Kier alpha value is -1.44. The van der Waals surface area contributed by atoms with Gasteiger partial charge in [-0.2, -0.15) is 0 Å². The summed E-state index contributed by atoms with van der Waals surface area (Å²) in [7, 11) is 3.75. The highest BCUT2D eigenvalue weighted by Gasteiger charge is 2.31. The van der Waals surface area contributed by atoms with E-state index < -0.39 is 6.09 Å². The summed E-state index contributed by atoms with van der Waals surface area (Å²) < 4.78 is 11.6. The van der Waals surface area contributed by atoms with Crippen molar-refractivity contribution in [1.82, 2.24) is 0 Å². The molecular weight excluding hydrogens is 304 g/mol. The van der Waals surface area contributed by atoms with Gasteiger partial charge in [-0.15, -0.1) is 0 Å². The van der Waals surface area contributed by atoms with Gasteiger partial charge >= 0.3 is 0 Å². The highest BCUT2D eigenvalue weighted by Crippen LogP contribution is 2.42. The van der Waals surface area contributed by atoms with Crippen LogP contribution in [0.5, 0.6) is 5.75 Å². The normalized spacial score (nSPS) is 17.1. The van der Waals surface area contributed by atoms with Crippen LogP contribution in [-0.2, 0) is 4.74 Å².